The Morgan fingerprint density at radius 3 is 2.41 bits per heavy atom. The third-order valence-corrected chi connectivity index (χ3v) is 5.21. The summed E-state index contributed by atoms with van der Waals surface area (Å²) < 4.78 is 6.23. The number of carbonyl (C=O) groups excluding carboxylic acids is 2. The lowest BCUT2D eigenvalue weighted by atomic mass is 10.1. The van der Waals surface area contributed by atoms with Crippen LogP contribution >= 0.6 is 11.3 Å². The first-order valence-electron chi connectivity index (χ1n) is 8.86. The standard InChI is InChI=1S/C22H17N3O3S/c1-28-17-12-7-13-18-19(17)24-22(29-18)25-21(27)15-10-5-6-11-16(15)23-20(26)14-8-3-2-4-9-14/h2-13H,1H3,(H,23,26)(H,24,25,27). The van der Waals surface area contributed by atoms with Crippen LogP contribution < -0.4 is 15.4 Å². The minimum atomic E-state index is -0.355. The number of benzene rings is 3. The van der Waals surface area contributed by atoms with E-state index in [0.29, 0.717) is 33.2 Å². The number of carbonyl (C=O) groups is 2. The van der Waals surface area contributed by atoms with Gasteiger partial charge in [-0.15, -0.1) is 0 Å². The highest BCUT2D eigenvalue weighted by Crippen LogP contribution is 2.32. The number of thiazole rings is 1. The molecule has 0 bridgehead atoms. The number of nitrogens with one attached hydrogen (secondary N) is 2. The number of fused-ring (bicyclic) bond motifs is 1. The van der Waals surface area contributed by atoms with E-state index in [-0.39, 0.29) is 11.8 Å². The Morgan fingerprint density at radius 2 is 1.62 bits per heavy atom. The molecule has 1 heterocycles. The van der Waals surface area contributed by atoms with E-state index in [1.54, 1.807) is 55.6 Å². The van der Waals surface area contributed by atoms with E-state index in [4.69, 9.17) is 4.74 Å². The summed E-state index contributed by atoms with van der Waals surface area (Å²) in [4.78, 5) is 29.8. The lowest BCUT2D eigenvalue weighted by Crippen LogP contribution is -2.18. The quantitative estimate of drug-likeness (QED) is 0.501. The van der Waals surface area contributed by atoms with Crippen molar-refractivity contribution in [3.8, 4) is 5.75 Å². The van der Waals surface area contributed by atoms with Gasteiger partial charge < -0.3 is 10.1 Å². The second-order valence-corrected chi connectivity index (χ2v) is 7.18. The Balaban J connectivity index is 1.57. The third-order valence-electron chi connectivity index (χ3n) is 4.28. The Kier molecular flexibility index (Phi) is 5.22. The minimum Gasteiger partial charge on any atom is -0.494 e. The number of amides is 2. The molecule has 0 aliphatic rings. The Morgan fingerprint density at radius 1 is 0.862 bits per heavy atom. The van der Waals surface area contributed by atoms with Gasteiger partial charge in [-0.3, -0.25) is 14.9 Å². The number of ether oxygens (including phenoxy) is 1. The molecular weight excluding hydrogens is 386 g/mol. The minimum absolute atomic E-state index is 0.282. The van der Waals surface area contributed by atoms with E-state index in [1.807, 2.05) is 24.3 Å². The molecule has 144 valence electrons. The molecular formula is C22H17N3O3S. The summed E-state index contributed by atoms with van der Waals surface area (Å²) in [6.45, 7) is 0. The molecule has 0 fully saturated rings. The molecule has 0 spiro atoms. The van der Waals surface area contributed by atoms with Crippen molar-refractivity contribution in [1.82, 2.24) is 4.98 Å². The summed E-state index contributed by atoms with van der Waals surface area (Å²) in [6, 6.07) is 21.3. The first-order valence-corrected chi connectivity index (χ1v) is 9.67. The van der Waals surface area contributed by atoms with Gasteiger partial charge in [-0.2, -0.15) is 0 Å². The first-order chi connectivity index (χ1) is 14.2. The van der Waals surface area contributed by atoms with Crippen LogP contribution in [0.5, 0.6) is 5.75 Å². The molecule has 3 aromatic carbocycles. The van der Waals surface area contributed by atoms with Crippen molar-refractivity contribution < 1.29 is 14.3 Å². The molecule has 0 aliphatic carbocycles. The lowest BCUT2D eigenvalue weighted by Gasteiger charge is -2.10. The van der Waals surface area contributed by atoms with E-state index in [1.165, 1.54) is 11.3 Å². The van der Waals surface area contributed by atoms with Crippen LogP contribution in [-0.4, -0.2) is 23.9 Å². The van der Waals surface area contributed by atoms with E-state index in [0.717, 1.165) is 4.70 Å². The predicted molar refractivity (Wildman–Crippen MR) is 115 cm³/mol. The zero-order valence-corrected chi connectivity index (χ0v) is 16.3. The maximum atomic E-state index is 12.9. The van der Waals surface area contributed by atoms with Crippen LogP contribution in [0.3, 0.4) is 0 Å². The Hall–Kier alpha value is -3.71. The van der Waals surface area contributed by atoms with Crippen molar-refractivity contribution in [3.05, 3.63) is 83.9 Å². The van der Waals surface area contributed by atoms with E-state index >= 15 is 0 Å². The van der Waals surface area contributed by atoms with Gasteiger partial charge in [0.25, 0.3) is 11.8 Å². The van der Waals surface area contributed by atoms with Crippen LogP contribution in [0.1, 0.15) is 20.7 Å². The second kappa shape index (κ2) is 8.12. The number of para-hydroxylation sites is 2. The number of nitrogens with zero attached hydrogens (tertiary/aromatic N) is 1. The number of anilines is 2. The lowest BCUT2D eigenvalue weighted by molar-refractivity contribution is 0.102. The van der Waals surface area contributed by atoms with Crippen LogP contribution in [0.15, 0.2) is 72.8 Å². The SMILES string of the molecule is COc1cccc2sc(NC(=O)c3ccccc3NC(=O)c3ccccc3)nc12. The molecule has 0 unspecified atom stereocenters. The molecule has 0 atom stereocenters. The monoisotopic (exact) mass is 403 g/mol. The molecule has 0 radical (unpaired) electrons. The highest BCUT2D eigenvalue weighted by atomic mass is 32.1. The van der Waals surface area contributed by atoms with Gasteiger partial charge in [0.15, 0.2) is 5.13 Å². The summed E-state index contributed by atoms with van der Waals surface area (Å²) in [5, 5.41) is 6.07. The summed E-state index contributed by atoms with van der Waals surface area (Å²) >= 11 is 1.36. The molecule has 2 N–H and O–H groups in total. The van der Waals surface area contributed by atoms with Crippen molar-refractivity contribution in [2.45, 2.75) is 0 Å². The fourth-order valence-corrected chi connectivity index (χ4v) is 3.76. The van der Waals surface area contributed by atoms with Gasteiger partial charge >= 0.3 is 0 Å². The fraction of sp³-hybridized carbons (Fsp3) is 0.0455. The molecule has 4 aromatic rings. The molecule has 1 aromatic heterocycles. The normalized spacial score (nSPS) is 10.5. The van der Waals surface area contributed by atoms with Crippen LogP contribution in [0.4, 0.5) is 10.8 Å². The van der Waals surface area contributed by atoms with Gasteiger partial charge in [-0.1, -0.05) is 47.7 Å². The van der Waals surface area contributed by atoms with E-state index in [9.17, 15) is 9.59 Å². The molecule has 7 heteroatoms. The Bertz CT molecular complexity index is 1190. The Labute approximate surface area is 171 Å². The molecule has 0 saturated heterocycles. The van der Waals surface area contributed by atoms with Crippen molar-refractivity contribution in [2.24, 2.45) is 0 Å². The van der Waals surface area contributed by atoms with E-state index < -0.39 is 0 Å². The van der Waals surface area contributed by atoms with Crippen molar-refractivity contribution in [1.29, 1.82) is 0 Å². The maximum Gasteiger partial charge on any atom is 0.259 e. The number of rotatable bonds is 5. The average Bonchev–Trinajstić information content (AvgIpc) is 3.17. The average molecular weight is 403 g/mol. The van der Waals surface area contributed by atoms with Crippen LogP contribution in [0, 0.1) is 0 Å². The summed E-state index contributed by atoms with van der Waals surface area (Å²) in [5.74, 6) is 0.0114. The smallest absolute Gasteiger partial charge is 0.259 e. The number of hydrogen-bond donors (Lipinski definition) is 2. The zero-order valence-electron chi connectivity index (χ0n) is 15.5. The molecule has 0 saturated carbocycles. The maximum absolute atomic E-state index is 12.9. The van der Waals surface area contributed by atoms with Gasteiger partial charge in [-0.05, 0) is 36.4 Å². The van der Waals surface area contributed by atoms with Crippen molar-refractivity contribution in [3.63, 3.8) is 0 Å². The van der Waals surface area contributed by atoms with Gasteiger partial charge in [0, 0.05) is 5.56 Å². The van der Waals surface area contributed by atoms with Crippen LogP contribution in [0.25, 0.3) is 10.2 Å². The topological polar surface area (TPSA) is 80.3 Å². The zero-order chi connectivity index (χ0) is 20.2. The summed E-state index contributed by atoms with van der Waals surface area (Å²) in [5.41, 5.74) is 1.99. The first kappa shape index (κ1) is 18.6. The molecule has 6 nitrogen and oxygen atoms in total. The fourth-order valence-electron chi connectivity index (χ4n) is 2.88. The van der Waals surface area contributed by atoms with Crippen molar-refractivity contribution >= 4 is 44.2 Å². The second-order valence-electron chi connectivity index (χ2n) is 6.15. The number of methoxy groups -OCH3 is 1. The highest BCUT2D eigenvalue weighted by molar-refractivity contribution is 7.22. The van der Waals surface area contributed by atoms with Gasteiger partial charge in [0.2, 0.25) is 0 Å². The third kappa shape index (κ3) is 3.95. The van der Waals surface area contributed by atoms with Crippen molar-refractivity contribution in [2.75, 3.05) is 17.7 Å². The van der Waals surface area contributed by atoms with Gasteiger partial charge in [0.1, 0.15) is 11.3 Å². The van der Waals surface area contributed by atoms with Crippen LogP contribution in [0.2, 0.25) is 0 Å². The predicted octanol–water partition coefficient (Wildman–Crippen LogP) is 4.81. The van der Waals surface area contributed by atoms with Crippen LogP contribution in [-0.2, 0) is 0 Å². The van der Waals surface area contributed by atoms with Gasteiger partial charge in [0.05, 0.1) is 23.1 Å². The largest absolute Gasteiger partial charge is 0.494 e. The molecule has 29 heavy (non-hydrogen) atoms. The summed E-state index contributed by atoms with van der Waals surface area (Å²) in [6.07, 6.45) is 0. The molecule has 4 rings (SSSR count). The highest BCUT2D eigenvalue weighted by Gasteiger charge is 2.16. The summed E-state index contributed by atoms with van der Waals surface area (Å²) in [7, 11) is 1.58. The molecule has 2 amide bonds. The number of aromatic nitrogens is 1. The number of hydrogen-bond acceptors (Lipinski definition) is 5. The molecule has 0 aliphatic heterocycles. The van der Waals surface area contributed by atoms with E-state index in [2.05, 4.69) is 15.6 Å². The van der Waals surface area contributed by atoms with Gasteiger partial charge in [-0.25, -0.2) is 4.98 Å².